The average molecular weight is 374 g/mol. The molecule has 1 nitrogen and oxygen atoms in total. The predicted octanol–water partition coefficient (Wildman–Crippen LogP) is 5.66. The monoisotopic (exact) mass is 374 g/mol. The minimum absolute atomic E-state index is 0. The minimum Gasteiger partial charge on any atom is -0.392 e. The van der Waals surface area contributed by atoms with Crippen molar-refractivity contribution in [3.8, 4) is 0 Å². The fourth-order valence-electron chi connectivity index (χ4n) is 2.99. The Bertz CT molecular complexity index is 483. The Balaban J connectivity index is 0.000000684. The van der Waals surface area contributed by atoms with Crippen LogP contribution in [0.3, 0.4) is 0 Å². The second-order valence-corrected chi connectivity index (χ2v) is 11.3. The van der Waals surface area contributed by atoms with Crippen LogP contribution in [0.5, 0.6) is 0 Å². The van der Waals surface area contributed by atoms with E-state index in [0.717, 1.165) is 6.61 Å². The van der Waals surface area contributed by atoms with Gasteiger partial charge in [-0.1, -0.05) is 49.5 Å². The van der Waals surface area contributed by atoms with Crippen molar-refractivity contribution >= 4 is 13.2 Å². The molecule has 0 unspecified atom stereocenters. The number of methoxy groups -OCH3 is 1. The molecule has 130 valence electrons. The van der Waals surface area contributed by atoms with Crippen LogP contribution in [0.2, 0.25) is 0 Å². The van der Waals surface area contributed by atoms with Gasteiger partial charge in [0.2, 0.25) is 0 Å². The van der Waals surface area contributed by atoms with Crippen LogP contribution in [0.4, 0.5) is 0 Å². The Morgan fingerprint density at radius 3 is 1.87 bits per heavy atom. The third kappa shape index (κ3) is 7.36. The summed E-state index contributed by atoms with van der Waals surface area (Å²) in [5, 5.41) is 2.16. The quantitative estimate of drug-likeness (QED) is 0.383. The van der Waals surface area contributed by atoms with E-state index in [9.17, 15) is 0 Å². The van der Waals surface area contributed by atoms with Crippen LogP contribution in [-0.2, 0) is 28.4 Å². The third-order valence-electron chi connectivity index (χ3n) is 3.32. The first-order valence-electron chi connectivity index (χ1n) is 7.88. The molecule has 0 atom stereocenters. The Morgan fingerprint density at radius 1 is 1.00 bits per heavy atom. The predicted molar refractivity (Wildman–Crippen MR) is 101 cm³/mol. The van der Waals surface area contributed by atoms with E-state index in [4.69, 9.17) is 4.74 Å². The fourth-order valence-corrected chi connectivity index (χ4v) is 7.11. The molecular formula is C20H31FeOP. The number of hydrogen-bond donors (Lipinski definition) is 0. The largest absolute Gasteiger partial charge is 2.00 e. The molecule has 0 saturated heterocycles. The van der Waals surface area contributed by atoms with E-state index < -0.39 is 0 Å². The topological polar surface area (TPSA) is 9.23 Å². The van der Waals surface area contributed by atoms with Gasteiger partial charge in [-0.05, 0) is 10.3 Å². The Hall–Kier alpha value is -0.391. The second kappa shape index (κ2) is 9.80. The van der Waals surface area contributed by atoms with E-state index in [2.05, 4.69) is 59.7 Å². The van der Waals surface area contributed by atoms with Gasteiger partial charge in [-0.15, -0.1) is 10.9 Å². The van der Waals surface area contributed by atoms with Crippen LogP contribution < -0.4 is 5.30 Å². The maximum Gasteiger partial charge on any atom is 2.00 e. The molecule has 2 aromatic carbocycles. The summed E-state index contributed by atoms with van der Waals surface area (Å²) < 4.78 is 5.31. The van der Waals surface area contributed by atoms with Gasteiger partial charge >= 0.3 is 17.1 Å². The molecule has 0 radical (unpaired) electrons. The maximum absolute atomic E-state index is 5.31. The Morgan fingerprint density at radius 2 is 1.52 bits per heavy atom. The molecule has 0 saturated carbocycles. The van der Waals surface area contributed by atoms with Crippen LogP contribution in [0.15, 0.2) is 48.5 Å². The van der Waals surface area contributed by atoms with Crippen LogP contribution in [0, 0.1) is 0 Å². The van der Waals surface area contributed by atoms with E-state index in [1.54, 1.807) is 7.11 Å². The van der Waals surface area contributed by atoms with Gasteiger partial charge in [-0.2, -0.15) is 24.3 Å². The molecule has 0 bridgehead atoms. The van der Waals surface area contributed by atoms with Gasteiger partial charge in [-0.3, -0.25) is 0 Å². The molecule has 23 heavy (non-hydrogen) atoms. The van der Waals surface area contributed by atoms with Crippen molar-refractivity contribution in [3.05, 3.63) is 54.1 Å². The van der Waals surface area contributed by atoms with Crippen molar-refractivity contribution in [1.29, 1.82) is 0 Å². The van der Waals surface area contributed by atoms with E-state index in [0.29, 0.717) is 10.3 Å². The molecule has 0 N–H and O–H groups in total. The zero-order chi connectivity index (χ0) is 16.8. The van der Waals surface area contributed by atoms with Crippen molar-refractivity contribution in [1.82, 2.24) is 0 Å². The van der Waals surface area contributed by atoms with Gasteiger partial charge in [0, 0.05) is 13.7 Å². The minimum atomic E-state index is -0.213. The van der Waals surface area contributed by atoms with Crippen molar-refractivity contribution < 1.29 is 21.8 Å². The summed E-state index contributed by atoms with van der Waals surface area (Å²) in [6.45, 7) is 14.9. The van der Waals surface area contributed by atoms with E-state index in [1.165, 1.54) is 10.9 Å². The van der Waals surface area contributed by atoms with E-state index >= 15 is 0 Å². The summed E-state index contributed by atoms with van der Waals surface area (Å²) in [6, 6.07) is 16.7. The Labute approximate surface area is 154 Å². The summed E-state index contributed by atoms with van der Waals surface area (Å²) >= 11 is 0. The molecule has 0 heterocycles. The van der Waals surface area contributed by atoms with Crippen molar-refractivity contribution in [2.45, 2.75) is 58.5 Å². The third-order valence-corrected chi connectivity index (χ3v) is 6.92. The summed E-state index contributed by atoms with van der Waals surface area (Å²) in [5.41, 5.74) is 1.36. The molecule has 0 aliphatic carbocycles. The number of hydrogen-bond acceptors (Lipinski definition) is 1. The normalized spacial score (nSPS) is 11.7. The second-order valence-electron chi connectivity index (χ2n) is 7.51. The van der Waals surface area contributed by atoms with E-state index in [-0.39, 0.29) is 25.0 Å². The van der Waals surface area contributed by atoms with Crippen LogP contribution >= 0.6 is 7.92 Å². The summed E-state index contributed by atoms with van der Waals surface area (Å²) in [6.07, 6.45) is 0. The fraction of sp³-hybridized carbons (Fsp3) is 0.500. The molecule has 2 aromatic rings. The standard InChI is InChI=1S/C15H26OP.C5H5.Fe/c1-14(2,3)17(15(4,5)6)13-10-8-9-12(13)11-16-7;1-2-4-5-3-1;/h8-10H,11H2,1-7H3;1-5H;/q2*-1;+2. The first-order chi connectivity index (χ1) is 10.2. The molecule has 0 aliphatic rings. The molecule has 0 fully saturated rings. The van der Waals surface area contributed by atoms with Gasteiger partial charge in [0.15, 0.2) is 0 Å². The van der Waals surface area contributed by atoms with Crippen LogP contribution in [0.25, 0.3) is 0 Å². The van der Waals surface area contributed by atoms with Gasteiger partial charge in [0.05, 0.1) is 0 Å². The van der Waals surface area contributed by atoms with E-state index in [1.807, 2.05) is 30.3 Å². The van der Waals surface area contributed by atoms with Gasteiger partial charge in [-0.25, -0.2) is 24.3 Å². The molecule has 2 rings (SSSR count). The number of ether oxygens (including phenoxy) is 1. The molecule has 0 spiro atoms. The Kier molecular flexibility index (Phi) is 9.63. The maximum atomic E-state index is 5.31. The van der Waals surface area contributed by atoms with Crippen molar-refractivity contribution in [2.24, 2.45) is 0 Å². The SMILES string of the molecule is COC[c-]1cccc1P(C(C)(C)C)C(C)(C)C.[Fe+2].c1cc[cH-]c1. The van der Waals surface area contributed by atoms with Gasteiger partial charge in [0.25, 0.3) is 0 Å². The first kappa shape index (κ1) is 22.6. The van der Waals surface area contributed by atoms with Crippen LogP contribution in [0.1, 0.15) is 47.1 Å². The first-order valence-corrected chi connectivity index (χ1v) is 9.22. The molecule has 0 amide bonds. The zero-order valence-corrected chi connectivity index (χ0v) is 17.5. The van der Waals surface area contributed by atoms with Gasteiger partial charge < -0.3 is 4.74 Å². The molecule has 0 aromatic heterocycles. The van der Waals surface area contributed by atoms with Gasteiger partial charge in [0.1, 0.15) is 0 Å². The zero-order valence-electron chi connectivity index (χ0n) is 15.5. The van der Waals surface area contributed by atoms with Crippen molar-refractivity contribution in [3.63, 3.8) is 0 Å². The summed E-state index contributed by atoms with van der Waals surface area (Å²) in [7, 11) is 1.56. The number of rotatable bonds is 3. The van der Waals surface area contributed by atoms with Crippen molar-refractivity contribution in [2.75, 3.05) is 7.11 Å². The summed E-state index contributed by atoms with van der Waals surface area (Å²) in [4.78, 5) is 0. The average Bonchev–Trinajstić information content (AvgIpc) is 3.01. The van der Waals surface area contributed by atoms with Crippen LogP contribution in [-0.4, -0.2) is 17.4 Å². The molecular weight excluding hydrogens is 343 g/mol. The smallest absolute Gasteiger partial charge is 0.392 e. The summed E-state index contributed by atoms with van der Waals surface area (Å²) in [5.74, 6) is 0. The molecule has 0 aliphatic heterocycles. The molecule has 3 heteroatoms.